The van der Waals surface area contributed by atoms with E-state index in [1.807, 2.05) is 13.8 Å². The van der Waals surface area contributed by atoms with Crippen molar-refractivity contribution in [3.05, 3.63) is 29.8 Å². The van der Waals surface area contributed by atoms with Crippen molar-refractivity contribution in [3.63, 3.8) is 0 Å². The Labute approximate surface area is 139 Å². The highest BCUT2D eigenvalue weighted by molar-refractivity contribution is 7.92. The van der Waals surface area contributed by atoms with Crippen LogP contribution in [-0.2, 0) is 21.0 Å². The van der Waals surface area contributed by atoms with Crippen LogP contribution < -0.4 is 9.62 Å². The summed E-state index contributed by atoms with van der Waals surface area (Å²) >= 11 is 0. The molecule has 0 aromatic heterocycles. The van der Waals surface area contributed by atoms with Gasteiger partial charge in [-0.1, -0.05) is 19.9 Å². The van der Waals surface area contributed by atoms with E-state index in [1.54, 1.807) is 6.92 Å². The van der Waals surface area contributed by atoms with Gasteiger partial charge in [0.05, 0.1) is 17.5 Å². The highest BCUT2D eigenvalue weighted by atomic mass is 32.2. The average molecular weight is 366 g/mol. The summed E-state index contributed by atoms with van der Waals surface area (Å²) in [6.07, 6.45) is -3.76. The van der Waals surface area contributed by atoms with Crippen molar-refractivity contribution in [1.29, 1.82) is 0 Å². The molecule has 0 bridgehead atoms. The summed E-state index contributed by atoms with van der Waals surface area (Å²) in [6.45, 7) is 4.94. The zero-order valence-electron chi connectivity index (χ0n) is 13.9. The normalized spacial score (nSPS) is 13.7. The van der Waals surface area contributed by atoms with Gasteiger partial charge in [-0.05, 0) is 31.0 Å². The minimum absolute atomic E-state index is 0.134. The van der Waals surface area contributed by atoms with Gasteiger partial charge < -0.3 is 5.32 Å². The largest absolute Gasteiger partial charge is 0.416 e. The summed E-state index contributed by atoms with van der Waals surface area (Å²) < 4.78 is 62.9. The molecule has 1 amide bonds. The number of nitrogens with zero attached hydrogens (tertiary/aromatic N) is 1. The Morgan fingerprint density at radius 1 is 1.25 bits per heavy atom. The molecule has 0 unspecified atom stereocenters. The molecule has 5 nitrogen and oxygen atoms in total. The molecule has 1 aromatic rings. The van der Waals surface area contributed by atoms with Crippen LogP contribution in [0.4, 0.5) is 18.9 Å². The molecular weight excluding hydrogens is 345 g/mol. The van der Waals surface area contributed by atoms with Gasteiger partial charge in [0, 0.05) is 6.04 Å². The first-order chi connectivity index (χ1) is 10.8. The number of hydrogen-bond donors (Lipinski definition) is 1. The second-order valence-corrected chi connectivity index (χ2v) is 7.82. The van der Waals surface area contributed by atoms with Crippen LogP contribution in [0.15, 0.2) is 24.3 Å². The van der Waals surface area contributed by atoms with Crippen molar-refractivity contribution in [2.75, 3.05) is 17.1 Å². The standard InChI is InChI=1S/C15H21F3N2O3S/c1-10(2)11(3)19-14(21)9-20(24(4,22)23)13-7-5-6-12(8-13)15(16,17)18/h5-8,10-11H,9H2,1-4H3,(H,19,21)/t11-/m0/s1. The van der Waals surface area contributed by atoms with E-state index in [-0.39, 0.29) is 17.6 Å². The smallest absolute Gasteiger partial charge is 0.352 e. The first-order valence-corrected chi connectivity index (χ1v) is 9.11. The molecule has 0 aliphatic carbocycles. The Kier molecular flexibility index (Phi) is 6.26. The molecule has 1 N–H and O–H groups in total. The fourth-order valence-electron chi connectivity index (χ4n) is 1.83. The number of carbonyl (C=O) groups is 1. The van der Waals surface area contributed by atoms with E-state index in [9.17, 15) is 26.4 Å². The molecule has 1 aromatic carbocycles. The van der Waals surface area contributed by atoms with Gasteiger partial charge in [0.15, 0.2) is 0 Å². The zero-order chi connectivity index (χ0) is 18.7. The van der Waals surface area contributed by atoms with Crippen LogP contribution in [-0.4, -0.2) is 33.2 Å². The number of sulfonamides is 1. The second-order valence-electron chi connectivity index (χ2n) is 5.92. The minimum Gasteiger partial charge on any atom is -0.352 e. The third-order valence-corrected chi connectivity index (χ3v) is 4.68. The third-order valence-electron chi connectivity index (χ3n) is 3.54. The van der Waals surface area contributed by atoms with Crippen molar-refractivity contribution < 1.29 is 26.4 Å². The van der Waals surface area contributed by atoms with Crippen LogP contribution in [0.25, 0.3) is 0 Å². The molecule has 0 saturated heterocycles. The third kappa shape index (κ3) is 5.70. The van der Waals surface area contributed by atoms with Crippen LogP contribution >= 0.6 is 0 Å². The van der Waals surface area contributed by atoms with E-state index in [0.29, 0.717) is 10.4 Å². The SMILES string of the molecule is CC(C)[C@H](C)NC(=O)CN(c1cccc(C(F)(F)F)c1)S(C)(=O)=O. The lowest BCUT2D eigenvalue weighted by Crippen LogP contribution is -2.44. The molecule has 1 rings (SSSR count). The topological polar surface area (TPSA) is 66.5 Å². The van der Waals surface area contributed by atoms with E-state index >= 15 is 0 Å². The number of nitrogens with one attached hydrogen (secondary N) is 1. The lowest BCUT2D eigenvalue weighted by atomic mass is 10.1. The first-order valence-electron chi connectivity index (χ1n) is 7.26. The predicted molar refractivity (Wildman–Crippen MR) is 86.1 cm³/mol. The molecule has 24 heavy (non-hydrogen) atoms. The number of carbonyl (C=O) groups excluding carboxylic acids is 1. The lowest BCUT2D eigenvalue weighted by Gasteiger charge is -2.24. The summed E-state index contributed by atoms with van der Waals surface area (Å²) in [4.78, 5) is 12.0. The molecule has 0 radical (unpaired) electrons. The van der Waals surface area contributed by atoms with Crippen LogP contribution in [0.2, 0.25) is 0 Å². The van der Waals surface area contributed by atoms with Crippen molar-refractivity contribution in [3.8, 4) is 0 Å². The van der Waals surface area contributed by atoms with E-state index in [2.05, 4.69) is 5.32 Å². The first kappa shape index (κ1) is 20.3. The van der Waals surface area contributed by atoms with Gasteiger partial charge in [0.2, 0.25) is 15.9 Å². The molecule has 9 heteroatoms. The van der Waals surface area contributed by atoms with E-state index in [1.165, 1.54) is 6.07 Å². The Balaban J connectivity index is 3.10. The molecule has 1 atom stereocenters. The second kappa shape index (κ2) is 7.42. The number of alkyl halides is 3. The Morgan fingerprint density at radius 2 is 1.83 bits per heavy atom. The maximum atomic E-state index is 12.8. The Morgan fingerprint density at radius 3 is 2.29 bits per heavy atom. The van der Waals surface area contributed by atoms with Crippen LogP contribution in [0.5, 0.6) is 0 Å². The monoisotopic (exact) mass is 366 g/mol. The molecule has 0 fully saturated rings. The van der Waals surface area contributed by atoms with Gasteiger partial charge in [0.1, 0.15) is 6.54 Å². The quantitative estimate of drug-likeness (QED) is 0.842. The van der Waals surface area contributed by atoms with Gasteiger partial charge in [-0.25, -0.2) is 8.42 Å². The number of rotatable bonds is 6. The predicted octanol–water partition coefficient (Wildman–Crippen LogP) is 2.63. The number of halogens is 3. The number of benzene rings is 1. The van der Waals surface area contributed by atoms with Gasteiger partial charge in [0.25, 0.3) is 0 Å². The number of anilines is 1. The van der Waals surface area contributed by atoms with Gasteiger partial charge in [-0.2, -0.15) is 13.2 Å². The van der Waals surface area contributed by atoms with Crippen molar-refractivity contribution in [2.45, 2.75) is 33.0 Å². The molecular formula is C15H21F3N2O3S. The highest BCUT2D eigenvalue weighted by Gasteiger charge is 2.32. The van der Waals surface area contributed by atoms with E-state index < -0.39 is 34.2 Å². The molecule has 0 aliphatic rings. The van der Waals surface area contributed by atoms with E-state index in [0.717, 1.165) is 18.4 Å². The van der Waals surface area contributed by atoms with Gasteiger partial charge >= 0.3 is 6.18 Å². The van der Waals surface area contributed by atoms with Gasteiger partial charge in [-0.15, -0.1) is 0 Å². The number of amides is 1. The number of hydrogen-bond acceptors (Lipinski definition) is 3. The fraction of sp³-hybridized carbons (Fsp3) is 0.533. The van der Waals surface area contributed by atoms with Crippen molar-refractivity contribution >= 4 is 21.6 Å². The summed E-state index contributed by atoms with van der Waals surface area (Å²) in [5, 5.41) is 2.63. The van der Waals surface area contributed by atoms with Crippen molar-refractivity contribution in [1.82, 2.24) is 5.32 Å². The molecule has 136 valence electrons. The maximum absolute atomic E-state index is 12.8. The van der Waals surface area contributed by atoms with Crippen LogP contribution in [0.1, 0.15) is 26.3 Å². The fourth-order valence-corrected chi connectivity index (χ4v) is 2.68. The van der Waals surface area contributed by atoms with Crippen molar-refractivity contribution in [2.24, 2.45) is 5.92 Å². The Hall–Kier alpha value is -1.77. The zero-order valence-corrected chi connectivity index (χ0v) is 14.7. The highest BCUT2D eigenvalue weighted by Crippen LogP contribution is 2.32. The molecule has 0 spiro atoms. The molecule has 0 aliphatic heterocycles. The summed E-state index contributed by atoms with van der Waals surface area (Å²) in [6, 6.07) is 3.67. The van der Waals surface area contributed by atoms with Crippen LogP contribution in [0.3, 0.4) is 0 Å². The maximum Gasteiger partial charge on any atom is 0.416 e. The van der Waals surface area contributed by atoms with E-state index in [4.69, 9.17) is 0 Å². The lowest BCUT2D eigenvalue weighted by molar-refractivity contribution is -0.137. The average Bonchev–Trinajstić information content (AvgIpc) is 2.42. The van der Waals surface area contributed by atoms with Crippen LogP contribution in [0, 0.1) is 5.92 Å². The van der Waals surface area contributed by atoms with Gasteiger partial charge in [-0.3, -0.25) is 9.10 Å². The minimum atomic E-state index is -4.60. The summed E-state index contributed by atoms with van der Waals surface area (Å²) in [5.41, 5.74) is -1.19. The summed E-state index contributed by atoms with van der Waals surface area (Å²) in [7, 11) is -3.93. The molecule has 0 heterocycles. The Bertz CT molecular complexity index is 687. The molecule has 0 saturated carbocycles. The summed E-state index contributed by atoms with van der Waals surface area (Å²) in [5.74, 6) is -0.451.